The van der Waals surface area contributed by atoms with Crippen LogP contribution in [0.25, 0.3) is 0 Å². The van der Waals surface area contributed by atoms with Crippen LogP contribution in [0.3, 0.4) is 0 Å². The number of halogens is 2. The molecule has 1 aliphatic rings. The third-order valence-corrected chi connectivity index (χ3v) is 3.56. The van der Waals surface area contributed by atoms with Crippen molar-refractivity contribution in [2.75, 3.05) is 0 Å². The first kappa shape index (κ1) is 14.1. The third-order valence-electron chi connectivity index (χ3n) is 3.27. The molecule has 104 valence electrons. The van der Waals surface area contributed by atoms with Crippen molar-refractivity contribution in [3.05, 3.63) is 29.0 Å². The standard InChI is InChI=1S/C14H17ClFNO2/c1-9(14(18)17-11-4-2-3-5-11)19-13-7-6-10(16)8-12(13)15/h6-9,11H,2-5H2,1H3,(H,17,18). The molecule has 1 aromatic carbocycles. The molecule has 1 atom stereocenters. The SMILES string of the molecule is CC(Oc1ccc(F)cc1Cl)C(=O)NC1CCCC1. The van der Waals surface area contributed by atoms with Crippen LogP contribution in [0, 0.1) is 5.82 Å². The number of hydrogen-bond acceptors (Lipinski definition) is 2. The smallest absolute Gasteiger partial charge is 0.260 e. The van der Waals surface area contributed by atoms with Crippen LogP contribution in [0.2, 0.25) is 5.02 Å². The Morgan fingerprint density at radius 2 is 2.16 bits per heavy atom. The molecule has 0 aromatic heterocycles. The van der Waals surface area contributed by atoms with Gasteiger partial charge in [-0.3, -0.25) is 4.79 Å². The van der Waals surface area contributed by atoms with E-state index in [-0.39, 0.29) is 17.0 Å². The summed E-state index contributed by atoms with van der Waals surface area (Å²) in [6.07, 6.45) is 3.71. The van der Waals surface area contributed by atoms with Gasteiger partial charge in [-0.15, -0.1) is 0 Å². The van der Waals surface area contributed by atoms with Crippen molar-refractivity contribution < 1.29 is 13.9 Å². The Bertz CT molecular complexity index is 461. The Morgan fingerprint density at radius 3 is 2.79 bits per heavy atom. The maximum absolute atomic E-state index is 12.9. The second-order valence-electron chi connectivity index (χ2n) is 4.82. The number of hydrogen-bond donors (Lipinski definition) is 1. The lowest BCUT2D eigenvalue weighted by molar-refractivity contribution is -0.127. The molecule has 5 heteroatoms. The molecule has 3 nitrogen and oxygen atoms in total. The molecular weight excluding hydrogens is 269 g/mol. The van der Waals surface area contributed by atoms with Crippen molar-refractivity contribution in [2.45, 2.75) is 44.8 Å². The first-order chi connectivity index (χ1) is 9.06. The Labute approximate surface area is 117 Å². The fraction of sp³-hybridized carbons (Fsp3) is 0.500. The lowest BCUT2D eigenvalue weighted by atomic mass is 10.2. The van der Waals surface area contributed by atoms with Gasteiger partial charge in [-0.25, -0.2) is 4.39 Å². The molecule has 1 aromatic rings. The summed E-state index contributed by atoms with van der Waals surface area (Å²) in [6.45, 7) is 1.66. The van der Waals surface area contributed by atoms with Gasteiger partial charge in [0.1, 0.15) is 11.6 Å². The highest BCUT2D eigenvalue weighted by molar-refractivity contribution is 6.32. The van der Waals surface area contributed by atoms with Gasteiger partial charge in [0.15, 0.2) is 6.10 Å². The second-order valence-corrected chi connectivity index (χ2v) is 5.23. The van der Waals surface area contributed by atoms with Gasteiger partial charge in [-0.05, 0) is 38.0 Å². The second kappa shape index (κ2) is 6.24. The number of benzene rings is 1. The summed E-state index contributed by atoms with van der Waals surface area (Å²) in [4.78, 5) is 11.9. The van der Waals surface area contributed by atoms with E-state index in [1.807, 2.05) is 0 Å². The minimum Gasteiger partial charge on any atom is -0.479 e. The predicted molar refractivity (Wildman–Crippen MR) is 71.9 cm³/mol. The van der Waals surface area contributed by atoms with Crippen molar-refractivity contribution in [3.8, 4) is 5.75 Å². The van der Waals surface area contributed by atoms with Crippen LogP contribution >= 0.6 is 11.6 Å². The zero-order valence-corrected chi connectivity index (χ0v) is 11.5. The number of nitrogens with one attached hydrogen (secondary N) is 1. The molecule has 1 fully saturated rings. The molecule has 0 bridgehead atoms. The monoisotopic (exact) mass is 285 g/mol. The van der Waals surface area contributed by atoms with E-state index in [4.69, 9.17) is 16.3 Å². The maximum atomic E-state index is 12.9. The van der Waals surface area contributed by atoms with Crippen LogP contribution in [0.5, 0.6) is 5.75 Å². The van der Waals surface area contributed by atoms with Crippen molar-refractivity contribution in [1.29, 1.82) is 0 Å². The lowest BCUT2D eigenvalue weighted by Gasteiger charge is -2.18. The van der Waals surface area contributed by atoms with E-state index >= 15 is 0 Å². The van der Waals surface area contributed by atoms with Gasteiger partial charge in [0.2, 0.25) is 0 Å². The van der Waals surface area contributed by atoms with E-state index in [1.165, 1.54) is 18.2 Å². The van der Waals surface area contributed by atoms with Gasteiger partial charge in [0.05, 0.1) is 5.02 Å². The average molecular weight is 286 g/mol. The van der Waals surface area contributed by atoms with Crippen LogP contribution in [0.1, 0.15) is 32.6 Å². The van der Waals surface area contributed by atoms with E-state index in [0.29, 0.717) is 5.75 Å². The fourth-order valence-electron chi connectivity index (χ4n) is 2.20. The number of ether oxygens (including phenoxy) is 1. The predicted octanol–water partition coefficient (Wildman–Crippen LogP) is 3.31. The van der Waals surface area contributed by atoms with E-state index in [1.54, 1.807) is 6.92 Å². The number of carbonyl (C=O) groups excluding carboxylic acids is 1. The van der Waals surface area contributed by atoms with Crippen molar-refractivity contribution in [1.82, 2.24) is 5.32 Å². The van der Waals surface area contributed by atoms with Crippen molar-refractivity contribution in [3.63, 3.8) is 0 Å². The Kier molecular flexibility index (Phi) is 4.64. The zero-order valence-electron chi connectivity index (χ0n) is 10.8. The van der Waals surface area contributed by atoms with Crippen LogP contribution in [-0.4, -0.2) is 18.1 Å². The molecule has 1 amide bonds. The van der Waals surface area contributed by atoms with Gasteiger partial charge in [-0.2, -0.15) is 0 Å². The molecule has 0 radical (unpaired) electrons. The van der Waals surface area contributed by atoms with E-state index in [0.717, 1.165) is 25.7 Å². The summed E-state index contributed by atoms with van der Waals surface area (Å²) in [5.74, 6) is -0.273. The fourth-order valence-corrected chi connectivity index (χ4v) is 2.42. The van der Waals surface area contributed by atoms with Crippen LogP contribution in [0.15, 0.2) is 18.2 Å². The highest BCUT2D eigenvalue weighted by atomic mass is 35.5. The zero-order chi connectivity index (χ0) is 13.8. The molecule has 1 aliphatic carbocycles. The Hall–Kier alpha value is -1.29. The molecule has 0 saturated heterocycles. The summed E-state index contributed by atoms with van der Waals surface area (Å²) in [7, 11) is 0. The first-order valence-corrected chi connectivity index (χ1v) is 6.86. The molecule has 2 rings (SSSR count). The summed E-state index contributed by atoms with van der Waals surface area (Å²) in [6, 6.07) is 4.10. The average Bonchev–Trinajstić information content (AvgIpc) is 2.85. The number of carbonyl (C=O) groups is 1. The molecule has 1 N–H and O–H groups in total. The van der Waals surface area contributed by atoms with Gasteiger partial charge in [0.25, 0.3) is 5.91 Å². The number of amides is 1. The molecule has 0 spiro atoms. The molecule has 0 heterocycles. The molecule has 0 aliphatic heterocycles. The highest BCUT2D eigenvalue weighted by Crippen LogP contribution is 2.26. The van der Waals surface area contributed by atoms with E-state index in [2.05, 4.69) is 5.32 Å². The molecule has 1 saturated carbocycles. The third kappa shape index (κ3) is 3.83. The minimum absolute atomic E-state index is 0.160. The summed E-state index contributed by atoms with van der Waals surface area (Å²) >= 11 is 5.85. The van der Waals surface area contributed by atoms with Crippen LogP contribution in [0.4, 0.5) is 4.39 Å². The number of rotatable bonds is 4. The highest BCUT2D eigenvalue weighted by Gasteiger charge is 2.22. The molecule has 19 heavy (non-hydrogen) atoms. The van der Waals surface area contributed by atoms with Gasteiger partial charge >= 0.3 is 0 Å². The van der Waals surface area contributed by atoms with Gasteiger partial charge < -0.3 is 10.1 Å². The van der Waals surface area contributed by atoms with Crippen molar-refractivity contribution >= 4 is 17.5 Å². The first-order valence-electron chi connectivity index (χ1n) is 6.48. The quantitative estimate of drug-likeness (QED) is 0.922. The minimum atomic E-state index is -0.649. The summed E-state index contributed by atoms with van der Waals surface area (Å²) in [5.41, 5.74) is 0. The van der Waals surface area contributed by atoms with E-state index < -0.39 is 11.9 Å². The topological polar surface area (TPSA) is 38.3 Å². The summed E-state index contributed by atoms with van der Waals surface area (Å²) < 4.78 is 18.4. The largest absolute Gasteiger partial charge is 0.479 e. The maximum Gasteiger partial charge on any atom is 0.260 e. The van der Waals surface area contributed by atoms with Gasteiger partial charge in [-0.1, -0.05) is 24.4 Å². The Balaban J connectivity index is 1.92. The van der Waals surface area contributed by atoms with E-state index in [9.17, 15) is 9.18 Å². The van der Waals surface area contributed by atoms with Crippen LogP contribution in [-0.2, 0) is 4.79 Å². The molecule has 1 unspecified atom stereocenters. The van der Waals surface area contributed by atoms with Crippen molar-refractivity contribution in [2.24, 2.45) is 0 Å². The lowest BCUT2D eigenvalue weighted by Crippen LogP contribution is -2.41. The normalized spacial score (nSPS) is 17.2. The summed E-state index contributed by atoms with van der Waals surface area (Å²) in [5, 5.41) is 3.12. The van der Waals surface area contributed by atoms with Crippen LogP contribution < -0.4 is 10.1 Å². The molecular formula is C14H17ClFNO2. The Morgan fingerprint density at radius 1 is 1.47 bits per heavy atom. The van der Waals surface area contributed by atoms with Gasteiger partial charge in [0, 0.05) is 6.04 Å².